The van der Waals surface area contributed by atoms with Gasteiger partial charge >= 0.3 is 5.97 Å². The lowest BCUT2D eigenvalue weighted by atomic mass is 9.85. The highest BCUT2D eigenvalue weighted by atomic mass is 16.5. The number of esters is 1. The minimum Gasteiger partial charge on any atom is -0.476 e. The predicted octanol–water partition coefficient (Wildman–Crippen LogP) is 2.27. The van der Waals surface area contributed by atoms with Crippen LogP contribution in [0.25, 0.3) is 0 Å². The van der Waals surface area contributed by atoms with Crippen LogP contribution in [0.1, 0.15) is 46.3 Å². The van der Waals surface area contributed by atoms with Crippen LogP contribution in [0, 0.1) is 0 Å². The molecule has 0 aliphatic carbocycles. The van der Waals surface area contributed by atoms with Gasteiger partial charge in [-0.05, 0) is 43.0 Å². The standard InChI is InChI=1S/C18H21N3O3/c1-23-18(22)13-4-2-12(3-5-13)16-10-14(6-7-19-16)15-11-20-21-8-9-24-17(15)21/h2-5,11,14,16,19H,6-10H2,1H3/t14?,16-/m0/s1. The van der Waals surface area contributed by atoms with Crippen molar-refractivity contribution in [2.45, 2.75) is 31.3 Å². The molecule has 1 aromatic carbocycles. The van der Waals surface area contributed by atoms with Crippen LogP contribution in [0.5, 0.6) is 5.88 Å². The number of piperidine rings is 1. The van der Waals surface area contributed by atoms with Gasteiger partial charge in [-0.3, -0.25) is 0 Å². The number of nitrogens with one attached hydrogen (secondary N) is 1. The molecule has 0 spiro atoms. The topological polar surface area (TPSA) is 65.4 Å². The Bertz CT molecular complexity index is 738. The number of ether oxygens (including phenoxy) is 2. The molecule has 4 rings (SSSR count). The summed E-state index contributed by atoms with van der Waals surface area (Å²) >= 11 is 0. The summed E-state index contributed by atoms with van der Waals surface area (Å²) < 4.78 is 12.5. The minimum absolute atomic E-state index is 0.271. The molecular formula is C18H21N3O3. The van der Waals surface area contributed by atoms with E-state index < -0.39 is 0 Å². The van der Waals surface area contributed by atoms with Crippen LogP contribution in [0.4, 0.5) is 0 Å². The van der Waals surface area contributed by atoms with E-state index in [1.807, 2.05) is 35.1 Å². The number of nitrogens with zero attached hydrogens (tertiary/aromatic N) is 2. The summed E-state index contributed by atoms with van der Waals surface area (Å²) in [5, 5.41) is 8.00. The van der Waals surface area contributed by atoms with Crippen LogP contribution in [0.2, 0.25) is 0 Å². The first-order chi connectivity index (χ1) is 11.8. The van der Waals surface area contributed by atoms with Crippen molar-refractivity contribution in [2.24, 2.45) is 0 Å². The molecule has 24 heavy (non-hydrogen) atoms. The van der Waals surface area contributed by atoms with Gasteiger partial charge in [0.1, 0.15) is 6.61 Å². The highest BCUT2D eigenvalue weighted by Crippen LogP contribution is 2.39. The van der Waals surface area contributed by atoms with Crippen molar-refractivity contribution in [3.8, 4) is 5.88 Å². The largest absolute Gasteiger partial charge is 0.476 e. The van der Waals surface area contributed by atoms with Gasteiger partial charge in [-0.2, -0.15) is 5.10 Å². The summed E-state index contributed by atoms with van der Waals surface area (Å²) in [4.78, 5) is 11.6. The fourth-order valence-corrected chi connectivity index (χ4v) is 3.64. The van der Waals surface area contributed by atoms with Gasteiger partial charge in [0.25, 0.3) is 0 Å². The Labute approximate surface area is 140 Å². The Morgan fingerprint density at radius 2 is 2.21 bits per heavy atom. The first-order valence-corrected chi connectivity index (χ1v) is 8.36. The van der Waals surface area contributed by atoms with Crippen LogP contribution in [0.3, 0.4) is 0 Å². The Balaban J connectivity index is 1.51. The molecule has 2 aromatic rings. The summed E-state index contributed by atoms with van der Waals surface area (Å²) in [5.41, 5.74) is 3.00. The second-order valence-electron chi connectivity index (χ2n) is 6.32. The number of carbonyl (C=O) groups excluding carboxylic acids is 1. The third kappa shape index (κ3) is 2.67. The zero-order chi connectivity index (χ0) is 16.5. The van der Waals surface area contributed by atoms with Gasteiger partial charge in [-0.15, -0.1) is 0 Å². The molecule has 6 nitrogen and oxygen atoms in total. The molecular weight excluding hydrogens is 306 g/mol. The molecule has 0 bridgehead atoms. The number of benzene rings is 1. The molecule has 1 saturated heterocycles. The number of hydrogen-bond donors (Lipinski definition) is 1. The maximum Gasteiger partial charge on any atom is 0.337 e. The predicted molar refractivity (Wildman–Crippen MR) is 88.2 cm³/mol. The Kier molecular flexibility index (Phi) is 3.98. The quantitative estimate of drug-likeness (QED) is 0.876. The molecule has 1 fully saturated rings. The normalized spacial score (nSPS) is 22.7. The van der Waals surface area contributed by atoms with Gasteiger partial charge in [-0.1, -0.05) is 12.1 Å². The second kappa shape index (κ2) is 6.28. The van der Waals surface area contributed by atoms with Gasteiger partial charge in [0.2, 0.25) is 5.88 Å². The maximum atomic E-state index is 11.6. The van der Waals surface area contributed by atoms with Crippen LogP contribution in [0.15, 0.2) is 30.5 Å². The van der Waals surface area contributed by atoms with E-state index in [-0.39, 0.29) is 12.0 Å². The molecule has 1 N–H and O–H groups in total. The molecule has 3 heterocycles. The fraction of sp³-hybridized carbons (Fsp3) is 0.444. The summed E-state index contributed by atoms with van der Waals surface area (Å²) in [5.74, 6) is 1.09. The smallest absolute Gasteiger partial charge is 0.337 e. The third-order valence-electron chi connectivity index (χ3n) is 4.94. The van der Waals surface area contributed by atoms with Crippen LogP contribution in [-0.4, -0.2) is 36.0 Å². The summed E-state index contributed by atoms with van der Waals surface area (Å²) in [6.07, 6.45) is 4.04. The van der Waals surface area contributed by atoms with Crippen molar-refractivity contribution < 1.29 is 14.3 Å². The van der Waals surface area contributed by atoms with E-state index in [1.165, 1.54) is 18.2 Å². The molecule has 2 atom stereocenters. The molecule has 1 aromatic heterocycles. The van der Waals surface area contributed by atoms with Gasteiger partial charge in [0, 0.05) is 11.6 Å². The average molecular weight is 327 g/mol. The zero-order valence-corrected chi connectivity index (χ0v) is 13.7. The van der Waals surface area contributed by atoms with E-state index in [2.05, 4.69) is 10.4 Å². The summed E-state index contributed by atoms with van der Waals surface area (Å²) in [6.45, 7) is 2.52. The minimum atomic E-state index is -0.302. The number of aromatic nitrogens is 2. The van der Waals surface area contributed by atoms with Gasteiger partial charge in [0.05, 0.1) is 25.4 Å². The average Bonchev–Trinajstić information content (AvgIpc) is 3.25. The van der Waals surface area contributed by atoms with Crippen LogP contribution in [-0.2, 0) is 11.3 Å². The highest BCUT2D eigenvalue weighted by Gasteiger charge is 2.29. The van der Waals surface area contributed by atoms with Gasteiger partial charge in [-0.25, -0.2) is 9.48 Å². The number of hydrogen-bond acceptors (Lipinski definition) is 5. The van der Waals surface area contributed by atoms with E-state index in [9.17, 15) is 4.79 Å². The van der Waals surface area contributed by atoms with E-state index in [0.29, 0.717) is 11.5 Å². The lowest BCUT2D eigenvalue weighted by molar-refractivity contribution is 0.0600. The lowest BCUT2D eigenvalue weighted by Crippen LogP contribution is -2.31. The molecule has 126 valence electrons. The molecule has 0 radical (unpaired) electrons. The van der Waals surface area contributed by atoms with E-state index in [1.54, 1.807) is 0 Å². The Morgan fingerprint density at radius 1 is 1.38 bits per heavy atom. The Hall–Kier alpha value is -2.34. The van der Waals surface area contributed by atoms with Crippen molar-refractivity contribution in [3.05, 3.63) is 47.2 Å². The van der Waals surface area contributed by atoms with Gasteiger partial charge in [0.15, 0.2) is 0 Å². The van der Waals surface area contributed by atoms with Crippen LogP contribution < -0.4 is 10.1 Å². The Morgan fingerprint density at radius 3 is 3.00 bits per heavy atom. The number of carbonyl (C=O) groups is 1. The first kappa shape index (κ1) is 15.2. The monoisotopic (exact) mass is 327 g/mol. The second-order valence-corrected chi connectivity index (χ2v) is 6.32. The molecule has 2 aliphatic rings. The zero-order valence-electron chi connectivity index (χ0n) is 13.7. The molecule has 0 amide bonds. The van der Waals surface area contributed by atoms with Crippen molar-refractivity contribution >= 4 is 5.97 Å². The van der Waals surface area contributed by atoms with Crippen LogP contribution >= 0.6 is 0 Å². The molecule has 0 saturated carbocycles. The molecule has 1 unspecified atom stereocenters. The first-order valence-electron chi connectivity index (χ1n) is 8.36. The van der Waals surface area contributed by atoms with E-state index in [0.717, 1.165) is 38.4 Å². The molecule has 6 heteroatoms. The number of fused-ring (bicyclic) bond motifs is 1. The van der Waals surface area contributed by atoms with Gasteiger partial charge < -0.3 is 14.8 Å². The van der Waals surface area contributed by atoms with Crippen molar-refractivity contribution in [2.75, 3.05) is 20.3 Å². The number of rotatable bonds is 3. The van der Waals surface area contributed by atoms with Crippen molar-refractivity contribution in [1.82, 2.24) is 15.1 Å². The van der Waals surface area contributed by atoms with Crippen molar-refractivity contribution in [1.29, 1.82) is 0 Å². The van der Waals surface area contributed by atoms with Crippen molar-refractivity contribution in [3.63, 3.8) is 0 Å². The highest BCUT2D eigenvalue weighted by molar-refractivity contribution is 5.89. The number of methoxy groups -OCH3 is 1. The maximum absolute atomic E-state index is 11.6. The van der Waals surface area contributed by atoms with E-state index >= 15 is 0 Å². The molecule has 2 aliphatic heterocycles. The third-order valence-corrected chi connectivity index (χ3v) is 4.94. The van der Waals surface area contributed by atoms with E-state index in [4.69, 9.17) is 9.47 Å². The summed E-state index contributed by atoms with van der Waals surface area (Å²) in [6, 6.07) is 7.93. The summed E-state index contributed by atoms with van der Waals surface area (Å²) in [7, 11) is 1.40. The lowest BCUT2D eigenvalue weighted by Gasteiger charge is -2.30. The SMILES string of the molecule is COC(=O)c1ccc([C@@H]2CC(c3cnn4c3OCC4)CCN2)cc1. The fourth-order valence-electron chi connectivity index (χ4n) is 3.64.